The molecule has 0 fully saturated rings. The van der Waals surface area contributed by atoms with Gasteiger partial charge in [-0.05, 0) is 29.3 Å². The van der Waals surface area contributed by atoms with E-state index in [1.165, 1.54) is 0 Å². The van der Waals surface area contributed by atoms with Gasteiger partial charge in [0.15, 0.2) is 11.5 Å². The molecule has 2 aromatic carbocycles. The third-order valence-electron chi connectivity index (χ3n) is 5.02. The summed E-state index contributed by atoms with van der Waals surface area (Å²) in [5.74, 6) is 2.35. The number of fused-ring (bicyclic) bond motifs is 2. The molecule has 1 aliphatic rings. The Bertz CT molecular complexity index is 1200. The quantitative estimate of drug-likeness (QED) is 0.491. The van der Waals surface area contributed by atoms with Crippen molar-refractivity contribution in [3.63, 3.8) is 0 Å². The van der Waals surface area contributed by atoms with Crippen LogP contribution >= 0.6 is 0 Å². The first-order chi connectivity index (χ1) is 14.7. The number of aromatic amines is 1. The second kappa shape index (κ2) is 7.90. The minimum atomic E-state index is -0.0796. The summed E-state index contributed by atoms with van der Waals surface area (Å²) >= 11 is 0. The van der Waals surface area contributed by atoms with E-state index in [1.54, 1.807) is 0 Å². The first kappa shape index (κ1) is 18.2. The number of aromatic nitrogens is 3. The molecule has 0 bridgehead atoms. The molecule has 4 aromatic rings. The number of carbonyl (C=O) groups is 1. The van der Waals surface area contributed by atoms with Crippen LogP contribution in [0, 0.1) is 0 Å². The molecule has 30 heavy (non-hydrogen) atoms. The summed E-state index contributed by atoms with van der Waals surface area (Å²) in [5, 5.41) is 12.2. The maximum atomic E-state index is 12.2. The average molecular weight is 404 g/mol. The van der Waals surface area contributed by atoms with Gasteiger partial charge in [-0.25, -0.2) is 0 Å². The lowest BCUT2D eigenvalue weighted by Crippen LogP contribution is -2.23. The summed E-state index contributed by atoms with van der Waals surface area (Å²) in [4.78, 5) is 15.4. The fourth-order valence-corrected chi connectivity index (χ4v) is 3.46. The lowest BCUT2D eigenvalue weighted by Gasteiger charge is -2.05. The number of nitrogens with one attached hydrogen (secondary N) is 2. The number of para-hydroxylation sites is 1. The zero-order chi connectivity index (χ0) is 20.3. The van der Waals surface area contributed by atoms with E-state index < -0.39 is 0 Å². The molecule has 8 heteroatoms. The molecule has 0 saturated heterocycles. The van der Waals surface area contributed by atoms with Crippen molar-refractivity contribution < 1.29 is 18.7 Å². The van der Waals surface area contributed by atoms with Gasteiger partial charge in [0.25, 0.3) is 0 Å². The molecule has 0 aliphatic carbocycles. The monoisotopic (exact) mass is 404 g/mol. The Kier molecular flexibility index (Phi) is 4.80. The van der Waals surface area contributed by atoms with Gasteiger partial charge in [-0.2, -0.15) is 0 Å². The number of hydrogen-bond donors (Lipinski definition) is 2. The summed E-state index contributed by atoms with van der Waals surface area (Å²) in [7, 11) is 0. The highest BCUT2D eigenvalue weighted by Gasteiger charge is 2.14. The minimum absolute atomic E-state index is 0.0796. The summed E-state index contributed by atoms with van der Waals surface area (Å²) in [6.07, 6.45) is 3.18. The van der Waals surface area contributed by atoms with Crippen molar-refractivity contribution >= 4 is 16.8 Å². The van der Waals surface area contributed by atoms with Gasteiger partial charge < -0.3 is 24.2 Å². The number of hydrogen-bond acceptors (Lipinski definition) is 6. The normalized spacial score (nSPS) is 12.4. The number of carbonyl (C=O) groups excluding carboxylic acids is 1. The van der Waals surface area contributed by atoms with Crippen molar-refractivity contribution in [2.45, 2.75) is 25.8 Å². The van der Waals surface area contributed by atoms with Crippen LogP contribution in [0.1, 0.15) is 29.3 Å². The van der Waals surface area contributed by atoms with Crippen LogP contribution in [0.15, 0.2) is 53.1 Å². The van der Waals surface area contributed by atoms with Gasteiger partial charge in [0.1, 0.15) is 0 Å². The van der Waals surface area contributed by atoms with Crippen molar-refractivity contribution in [1.29, 1.82) is 0 Å². The number of rotatable bonds is 7. The Morgan fingerprint density at radius 1 is 1.07 bits per heavy atom. The Labute approximate surface area is 172 Å². The van der Waals surface area contributed by atoms with E-state index in [-0.39, 0.29) is 19.1 Å². The molecule has 0 spiro atoms. The van der Waals surface area contributed by atoms with Crippen molar-refractivity contribution in [3.8, 4) is 11.5 Å². The summed E-state index contributed by atoms with van der Waals surface area (Å²) in [6, 6.07) is 13.7. The molecule has 3 heterocycles. The molecule has 0 radical (unpaired) electrons. The molecule has 2 aromatic heterocycles. The van der Waals surface area contributed by atoms with E-state index in [1.807, 2.05) is 42.6 Å². The summed E-state index contributed by atoms with van der Waals surface area (Å²) < 4.78 is 16.4. The second-order valence-corrected chi connectivity index (χ2v) is 7.09. The average Bonchev–Trinajstić information content (AvgIpc) is 3.51. The predicted molar refractivity (Wildman–Crippen MR) is 108 cm³/mol. The Morgan fingerprint density at radius 3 is 2.90 bits per heavy atom. The standard InChI is InChI=1S/C22H20N4O4/c27-20(24-11-14-5-6-18-19(9-14)29-13-28-18)7-8-21-25-26-22(30-21)10-15-12-23-17-4-2-1-3-16(15)17/h1-6,9,12,23H,7-8,10-11,13H2,(H,24,27). The number of nitrogens with zero attached hydrogens (tertiary/aromatic N) is 2. The van der Waals surface area contributed by atoms with Crippen molar-refractivity contribution in [2.75, 3.05) is 6.79 Å². The van der Waals surface area contributed by atoms with Crippen LogP contribution in [-0.2, 0) is 24.2 Å². The van der Waals surface area contributed by atoms with Crippen LogP contribution in [0.25, 0.3) is 10.9 Å². The highest BCUT2D eigenvalue weighted by atomic mass is 16.7. The number of aryl methyl sites for hydroxylation is 1. The topological polar surface area (TPSA) is 102 Å². The molecule has 0 atom stereocenters. The van der Waals surface area contributed by atoms with Crippen molar-refractivity contribution in [2.24, 2.45) is 0 Å². The van der Waals surface area contributed by atoms with Crippen LogP contribution < -0.4 is 14.8 Å². The van der Waals surface area contributed by atoms with Crippen LogP contribution in [0.2, 0.25) is 0 Å². The zero-order valence-corrected chi connectivity index (χ0v) is 16.2. The molecule has 1 aliphatic heterocycles. The fourth-order valence-electron chi connectivity index (χ4n) is 3.46. The zero-order valence-electron chi connectivity index (χ0n) is 16.2. The first-order valence-electron chi connectivity index (χ1n) is 9.76. The van der Waals surface area contributed by atoms with E-state index in [4.69, 9.17) is 13.9 Å². The highest BCUT2D eigenvalue weighted by Crippen LogP contribution is 2.32. The number of H-pyrrole nitrogens is 1. The van der Waals surface area contributed by atoms with E-state index in [2.05, 4.69) is 26.6 Å². The van der Waals surface area contributed by atoms with Crippen LogP contribution in [0.5, 0.6) is 11.5 Å². The third kappa shape index (κ3) is 3.84. The molecule has 2 N–H and O–H groups in total. The summed E-state index contributed by atoms with van der Waals surface area (Å²) in [5.41, 5.74) is 3.13. The SMILES string of the molecule is O=C(CCc1nnc(Cc2c[nH]c3ccccc23)o1)NCc1ccc2c(c1)OCO2. The van der Waals surface area contributed by atoms with Gasteiger partial charge in [-0.3, -0.25) is 4.79 Å². The molecule has 0 saturated carbocycles. The molecular formula is C22H20N4O4. The van der Waals surface area contributed by atoms with Gasteiger partial charge in [0, 0.05) is 36.5 Å². The molecule has 8 nitrogen and oxygen atoms in total. The van der Waals surface area contributed by atoms with Gasteiger partial charge in [0.05, 0.1) is 6.42 Å². The van der Waals surface area contributed by atoms with E-state index >= 15 is 0 Å². The van der Waals surface area contributed by atoms with Crippen molar-refractivity contribution in [3.05, 3.63) is 71.6 Å². The minimum Gasteiger partial charge on any atom is -0.454 e. The van der Waals surface area contributed by atoms with E-state index in [9.17, 15) is 4.79 Å². The lowest BCUT2D eigenvalue weighted by molar-refractivity contribution is -0.121. The van der Waals surface area contributed by atoms with E-state index in [0.29, 0.717) is 36.9 Å². The third-order valence-corrected chi connectivity index (χ3v) is 5.02. The maximum absolute atomic E-state index is 12.2. The molecule has 5 rings (SSSR count). The van der Waals surface area contributed by atoms with Crippen LogP contribution in [-0.4, -0.2) is 27.9 Å². The Hall–Kier alpha value is -3.81. The smallest absolute Gasteiger partial charge is 0.231 e. The number of benzene rings is 2. The Balaban J connectivity index is 1.12. The highest BCUT2D eigenvalue weighted by molar-refractivity contribution is 5.83. The first-order valence-corrected chi connectivity index (χ1v) is 9.76. The van der Waals surface area contributed by atoms with Crippen LogP contribution in [0.4, 0.5) is 0 Å². The molecule has 0 unspecified atom stereocenters. The maximum Gasteiger partial charge on any atom is 0.231 e. The van der Waals surface area contributed by atoms with Gasteiger partial charge in [-0.1, -0.05) is 24.3 Å². The van der Waals surface area contributed by atoms with Gasteiger partial charge >= 0.3 is 0 Å². The van der Waals surface area contributed by atoms with Gasteiger partial charge in [-0.15, -0.1) is 10.2 Å². The van der Waals surface area contributed by atoms with E-state index in [0.717, 1.165) is 27.8 Å². The van der Waals surface area contributed by atoms with Crippen LogP contribution in [0.3, 0.4) is 0 Å². The number of ether oxygens (including phenoxy) is 2. The largest absolute Gasteiger partial charge is 0.454 e. The molecule has 1 amide bonds. The fraction of sp³-hybridized carbons (Fsp3) is 0.227. The second-order valence-electron chi connectivity index (χ2n) is 7.09. The van der Waals surface area contributed by atoms with Crippen molar-refractivity contribution in [1.82, 2.24) is 20.5 Å². The predicted octanol–water partition coefficient (Wildman–Crippen LogP) is 3.12. The Morgan fingerprint density at radius 2 is 1.93 bits per heavy atom. The number of amides is 1. The molecular weight excluding hydrogens is 384 g/mol. The molecule has 152 valence electrons. The van der Waals surface area contributed by atoms with Gasteiger partial charge in [0.2, 0.25) is 24.5 Å². The lowest BCUT2D eigenvalue weighted by atomic mass is 10.1. The summed E-state index contributed by atoms with van der Waals surface area (Å²) in [6.45, 7) is 0.656.